The number of amides is 1. The maximum absolute atomic E-state index is 12.1. The number of halogens is 1. The predicted molar refractivity (Wildman–Crippen MR) is 79.3 cm³/mol. The number of nitrogens with one attached hydrogen (secondary N) is 1. The van der Waals surface area contributed by atoms with E-state index in [1.165, 1.54) is 0 Å². The highest BCUT2D eigenvalue weighted by Crippen LogP contribution is 2.15. The van der Waals surface area contributed by atoms with E-state index >= 15 is 0 Å². The molecule has 1 atom stereocenters. The van der Waals surface area contributed by atoms with E-state index in [9.17, 15) is 4.79 Å². The zero-order valence-electron chi connectivity index (χ0n) is 10.7. The molecule has 20 heavy (non-hydrogen) atoms. The average Bonchev–Trinajstić information content (AvgIpc) is 2.48. The highest BCUT2D eigenvalue weighted by atomic mass is 35.5. The van der Waals surface area contributed by atoms with Crippen molar-refractivity contribution in [2.75, 3.05) is 5.32 Å². The largest absolute Gasteiger partial charge is 0.325 e. The van der Waals surface area contributed by atoms with E-state index in [2.05, 4.69) is 5.32 Å². The number of nitriles is 1. The lowest BCUT2D eigenvalue weighted by Gasteiger charge is -2.10. The van der Waals surface area contributed by atoms with Crippen molar-refractivity contribution in [3.63, 3.8) is 0 Å². The Kier molecular flexibility index (Phi) is 4.75. The maximum atomic E-state index is 12.1. The van der Waals surface area contributed by atoms with Crippen molar-refractivity contribution >= 4 is 23.2 Å². The number of carbonyl (C=O) groups is 1. The molecule has 0 heterocycles. The van der Waals surface area contributed by atoms with Crippen LogP contribution in [-0.4, -0.2) is 5.91 Å². The molecule has 2 rings (SSSR count). The molecule has 2 aromatic rings. The fraction of sp³-hybridized carbons (Fsp3) is 0.125. The Morgan fingerprint density at radius 3 is 2.40 bits per heavy atom. The first-order valence-corrected chi connectivity index (χ1v) is 6.57. The quantitative estimate of drug-likeness (QED) is 0.931. The molecule has 0 bridgehead atoms. The Hall–Kier alpha value is -2.31. The van der Waals surface area contributed by atoms with Gasteiger partial charge in [0.05, 0.1) is 6.07 Å². The van der Waals surface area contributed by atoms with Crippen LogP contribution in [0.1, 0.15) is 5.56 Å². The molecule has 1 N–H and O–H groups in total. The Bertz CT molecular complexity index is 617. The van der Waals surface area contributed by atoms with Gasteiger partial charge in [0, 0.05) is 10.7 Å². The molecule has 2 aromatic carbocycles. The van der Waals surface area contributed by atoms with Crippen LogP contribution in [0.5, 0.6) is 0 Å². The highest BCUT2D eigenvalue weighted by molar-refractivity contribution is 6.30. The summed E-state index contributed by atoms with van der Waals surface area (Å²) in [6.45, 7) is 0. The molecule has 0 aliphatic heterocycles. The van der Waals surface area contributed by atoms with Gasteiger partial charge < -0.3 is 5.32 Å². The lowest BCUT2D eigenvalue weighted by molar-refractivity contribution is -0.118. The lowest BCUT2D eigenvalue weighted by atomic mass is 10.00. The van der Waals surface area contributed by atoms with E-state index in [1.807, 2.05) is 36.4 Å². The van der Waals surface area contributed by atoms with E-state index in [1.54, 1.807) is 24.3 Å². The molecule has 100 valence electrons. The van der Waals surface area contributed by atoms with Crippen LogP contribution in [0, 0.1) is 17.2 Å². The summed E-state index contributed by atoms with van der Waals surface area (Å²) in [5, 5.41) is 12.5. The van der Waals surface area contributed by atoms with Crippen LogP contribution in [0.15, 0.2) is 54.6 Å². The van der Waals surface area contributed by atoms with Gasteiger partial charge in [-0.05, 0) is 36.2 Å². The van der Waals surface area contributed by atoms with Gasteiger partial charge in [0.25, 0.3) is 0 Å². The van der Waals surface area contributed by atoms with Crippen LogP contribution in [0.3, 0.4) is 0 Å². The van der Waals surface area contributed by atoms with Gasteiger partial charge in [-0.15, -0.1) is 0 Å². The summed E-state index contributed by atoms with van der Waals surface area (Å²) < 4.78 is 0. The Labute approximate surface area is 122 Å². The average molecular weight is 285 g/mol. The normalized spacial score (nSPS) is 11.4. The summed E-state index contributed by atoms with van der Waals surface area (Å²) in [5.41, 5.74) is 1.60. The van der Waals surface area contributed by atoms with Crippen LogP contribution in [0.2, 0.25) is 5.02 Å². The van der Waals surface area contributed by atoms with Gasteiger partial charge in [-0.1, -0.05) is 41.9 Å². The van der Waals surface area contributed by atoms with Crippen LogP contribution in [0.4, 0.5) is 5.69 Å². The maximum Gasteiger partial charge on any atom is 0.242 e. The number of rotatable bonds is 4. The molecular formula is C16H13ClN2O. The van der Waals surface area contributed by atoms with Crippen LogP contribution in [-0.2, 0) is 11.2 Å². The van der Waals surface area contributed by atoms with E-state index in [0.717, 1.165) is 5.56 Å². The minimum atomic E-state index is -0.715. The molecule has 0 aromatic heterocycles. The Morgan fingerprint density at radius 1 is 1.15 bits per heavy atom. The van der Waals surface area contributed by atoms with E-state index in [4.69, 9.17) is 16.9 Å². The number of benzene rings is 2. The summed E-state index contributed by atoms with van der Waals surface area (Å²) >= 11 is 5.78. The summed E-state index contributed by atoms with van der Waals surface area (Å²) in [4.78, 5) is 12.1. The number of hydrogen-bond acceptors (Lipinski definition) is 2. The first kappa shape index (κ1) is 14.1. The van der Waals surface area contributed by atoms with Crippen LogP contribution >= 0.6 is 11.6 Å². The van der Waals surface area contributed by atoms with Crippen molar-refractivity contribution in [3.8, 4) is 6.07 Å². The summed E-state index contributed by atoms with van der Waals surface area (Å²) in [7, 11) is 0. The fourth-order valence-corrected chi connectivity index (χ4v) is 1.94. The molecule has 4 heteroatoms. The third-order valence-corrected chi connectivity index (χ3v) is 3.12. The molecule has 0 radical (unpaired) electrons. The predicted octanol–water partition coefficient (Wildman–Crippen LogP) is 3.66. The molecule has 0 fully saturated rings. The van der Waals surface area contributed by atoms with Crippen molar-refractivity contribution in [1.82, 2.24) is 0 Å². The second-order valence-electron chi connectivity index (χ2n) is 4.37. The van der Waals surface area contributed by atoms with Gasteiger partial charge in [-0.3, -0.25) is 4.79 Å². The van der Waals surface area contributed by atoms with Crippen molar-refractivity contribution in [2.24, 2.45) is 5.92 Å². The SMILES string of the molecule is N#CC(Cc1ccccc1)C(=O)Nc1ccc(Cl)cc1. The van der Waals surface area contributed by atoms with Gasteiger partial charge in [0.15, 0.2) is 0 Å². The summed E-state index contributed by atoms with van der Waals surface area (Å²) in [6.07, 6.45) is 0.400. The van der Waals surface area contributed by atoms with Gasteiger partial charge in [0.2, 0.25) is 5.91 Å². The van der Waals surface area contributed by atoms with Crippen molar-refractivity contribution in [3.05, 3.63) is 65.2 Å². The van der Waals surface area contributed by atoms with Gasteiger partial charge in [0.1, 0.15) is 5.92 Å². The van der Waals surface area contributed by atoms with Gasteiger partial charge in [-0.2, -0.15) is 5.26 Å². The highest BCUT2D eigenvalue weighted by Gasteiger charge is 2.18. The van der Waals surface area contributed by atoms with Crippen LogP contribution < -0.4 is 5.32 Å². The van der Waals surface area contributed by atoms with Crippen LogP contribution in [0.25, 0.3) is 0 Å². The molecule has 0 saturated heterocycles. The van der Waals surface area contributed by atoms with E-state index in [0.29, 0.717) is 17.1 Å². The molecule has 3 nitrogen and oxygen atoms in total. The molecule has 1 amide bonds. The third kappa shape index (κ3) is 3.84. The molecule has 0 spiro atoms. The first-order chi connectivity index (χ1) is 9.69. The van der Waals surface area contributed by atoms with E-state index in [-0.39, 0.29) is 5.91 Å². The zero-order chi connectivity index (χ0) is 14.4. The molecular weight excluding hydrogens is 272 g/mol. The number of anilines is 1. The number of nitrogens with zero attached hydrogens (tertiary/aromatic N) is 1. The minimum absolute atomic E-state index is 0.307. The summed E-state index contributed by atoms with van der Waals surface area (Å²) in [5.74, 6) is -1.02. The second kappa shape index (κ2) is 6.74. The fourth-order valence-electron chi connectivity index (χ4n) is 1.81. The number of carbonyl (C=O) groups excluding carboxylic acids is 1. The first-order valence-electron chi connectivity index (χ1n) is 6.19. The van der Waals surface area contributed by atoms with E-state index < -0.39 is 5.92 Å². The Balaban J connectivity index is 2.03. The van der Waals surface area contributed by atoms with Gasteiger partial charge in [-0.25, -0.2) is 0 Å². The topological polar surface area (TPSA) is 52.9 Å². The monoisotopic (exact) mass is 284 g/mol. The molecule has 0 saturated carbocycles. The second-order valence-corrected chi connectivity index (χ2v) is 4.80. The third-order valence-electron chi connectivity index (χ3n) is 2.87. The van der Waals surface area contributed by atoms with Crippen molar-refractivity contribution in [1.29, 1.82) is 5.26 Å². The standard InChI is InChI=1S/C16H13ClN2O/c17-14-6-8-15(9-7-14)19-16(20)13(11-18)10-12-4-2-1-3-5-12/h1-9,13H,10H2,(H,19,20). The molecule has 0 aliphatic carbocycles. The molecule has 1 unspecified atom stereocenters. The van der Waals surface area contributed by atoms with Gasteiger partial charge >= 0.3 is 0 Å². The Morgan fingerprint density at radius 2 is 1.80 bits per heavy atom. The number of hydrogen-bond donors (Lipinski definition) is 1. The lowest BCUT2D eigenvalue weighted by Crippen LogP contribution is -2.23. The smallest absolute Gasteiger partial charge is 0.242 e. The van der Waals surface area contributed by atoms with Crippen molar-refractivity contribution < 1.29 is 4.79 Å². The minimum Gasteiger partial charge on any atom is -0.325 e. The molecule has 0 aliphatic rings. The van der Waals surface area contributed by atoms with Crippen molar-refractivity contribution in [2.45, 2.75) is 6.42 Å². The zero-order valence-corrected chi connectivity index (χ0v) is 11.5. The summed E-state index contributed by atoms with van der Waals surface area (Å²) in [6, 6.07) is 18.3.